The highest BCUT2D eigenvalue weighted by atomic mass is 35.5. The Bertz CT molecular complexity index is 783. The molecular weight excluding hydrogens is 327 g/mol. The molecule has 0 aliphatic carbocycles. The molecule has 102 valence electrons. The lowest BCUT2D eigenvalue weighted by Crippen LogP contribution is -1.99. The number of halogens is 4. The van der Waals surface area contributed by atoms with Gasteiger partial charge in [-0.15, -0.1) is 11.3 Å². The van der Waals surface area contributed by atoms with E-state index in [1.54, 1.807) is 6.07 Å². The second-order valence-electron chi connectivity index (χ2n) is 3.85. The fourth-order valence-electron chi connectivity index (χ4n) is 1.70. The standard InChI is InChI=1S/C12H5Cl2F2N3S/c13-7-3-5(15)4-8(16)9(7)17-10-6-1-2-20-11(6)19-12(14)18-10/h1-4H,(H,17,18,19). The average molecular weight is 332 g/mol. The van der Waals surface area contributed by atoms with Crippen molar-refractivity contribution >= 4 is 56.3 Å². The summed E-state index contributed by atoms with van der Waals surface area (Å²) in [6.45, 7) is 0. The number of benzene rings is 1. The Morgan fingerprint density at radius 3 is 2.70 bits per heavy atom. The first kappa shape index (κ1) is 13.5. The zero-order valence-electron chi connectivity index (χ0n) is 9.62. The van der Waals surface area contributed by atoms with Crippen LogP contribution in [-0.4, -0.2) is 9.97 Å². The van der Waals surface area contributed by atoms with Crippen LogP contribution in [0.2, 0.25) is 10.3 Å². The summed E-state index contributed by atoms with van der Waals surface area (Å²) in [5.41, 5.74) is -0.0599. The quantitative estimate of drug-likeness (QED) is 0.670. The minimum Gasteiger partial charge on any atom is -0.336 e. The molecule has 0 fully saturated rings. The van der Waals surface area contributed by atoms with E-state index < -0.39 is 11.6 Å². The highest BCUT2D eigenvalue weighted by Gasteiger charge is 2.14. The van der Waals surface area contributed by atoms with Gasteiger partial charge in [0.05, 0.1) is 16.1 Å². The molecule has 1 N–H and O–H groups in total. The minimum atomic E-state index is -0.812. The van der Waals surface area contributed by atoms with Crippen LogP contribution in [0, 0.1) is 11.6 Å². The van der Waals surface area contributed by atoms with Crippen molar-refractivity contribution in [2.75, 3.05) is 5.32 Å². The predicted molar refractivity (Wildman–Crippen MR) is 77.1 cm³/mol. The van der Waals surface area contributed by atoms with Crippen LogP contribution in [0.5, 0.6) is 0 Å². The number of hydrogen-bond acceptors (Lipinski definition) is 4. The van der Waals surface area contributed by atoms with Gasteiger partial charge < -0.3 is 5.32 Å². The average Bonchev–Trinajstić information content (AvgIpc) is 2.81. The Labute approximate surface area is 126 Å². The number of fused-ring (bicyclic) bond motifs is 1. The van der Waals surface area contributed by atoms with Gasteiger partial charge in [-0.3, -0.25) is 0 Å². The van der Waals surface area contributed by atoms with Gasteiger partial charge in [-0.2, -0.15) is 4.98 Å². The molecule has 3 nitrogen and oxygen atoms in total. The molecular formula is C12H5Cl2F2N3S. The lowest BCUT2D eigenvalue weighted by Gasteiger charge is -2.10. The largest absolute Gasteiger partial charge is 0.336 e. The molecule has 2 aromatic heterocycles. The summed E-state index contributed by atoms with van der Waals surface area (Å²) < 4.78 is 26.8. The van der Waals surface area contributed by atoms with Gasteiger partial charge in [0.1, 0.15) is 16.5 Å². The first-order valence-electron chi connectivity index (χ1n) is 5.37. The van der Waals surface area contributed by atoms with Crippen LogP contribution >= 0.6 is 34.5 Å². The van der Waals surface area contributed by atoms with Crippen LogP contribution in [0.4, 0.5) is 20.3 Å². The van der Waals surface area contributed by atoms with E-state index in [0.29, 0.717) is 16.0 Å². The summed E-state index contributed by atoms with van der Waals surface area (Å²) in [6, 6.07) is 3.52. The van der Waals surface area contributed by atoms with Crippen LogP contribution < -0.4 is 5.32 Å². The highest BCUT2D eigenvalue weighted by molar-refractivity contribution is 7.16. The molecule has 0 radical (unpaired) electrons. The van der Waals surface area contributed by atoms with Crippen molar-refractivity contribution in [3.63, 3.8) is 0 Å². The zero-order valence-corrected chi connectivity index (χ0v) is 12.0. The molecule has 3 aromatic rings. The van der Waals surface area contributed by atoms with Crippen LogP contribution in [0.15, 0.2) is 23.6 Å². The summed E-state index contributed by atoms with van der Waals surface area (Å²) in [5, 5.41) is 5.17. The zero-order chi connectivity index (χ0) is 14.3. The molecule has 3 rings (SSSR count). The maximum atomic E-state index is 13.8. The summed E-state index contributed by atoms with van der Waals surface area (Å²) in [4.78, 5) is 8.71. The molecule has 0 amide bonds. The highest BCUT2D eigenvalue weighted by Crippen LogP contribution is 2.33. The molecule has 8 heteroatoms. The summed E-state index contributed by atoms with van der Waals surface area (Å²) >= 11 is 13.0. The predicted octanol–water partition coefficient (Wildman–Crippen LogP) is 5.02. The first-order valence-corrected chi connectivity index (χ1v) is 7.00. The molecule has 0 spiro atoms. The Morgan fingerprint density at radius 1 is 1.15 bits per heavy atom. The van der Waals surface area contributed by atoms with E-state index in [1.165, 1.54) is 11.3 Å². The fraction of sp³-hybridized carbons (Fsp3) is 0. The number of nitrogens with one attached hydrogen (secondary N) is 1. The number of nitrogens with zero attached hydrogens (tertiary/aromatic N) is 2. The Kier molecular flexibility index (Phi) is 3.45. The number of anilines is 2. The normalized spacial score (nSPS) is 11.0. The third kappa shape index (κ3) is 2.42. The molecule has 1 aromatic carbocycles. The number of thiophene rings is 1. The van der Waals surface area contributed by atoms with Crippen LogP contribution in [0.25, 0.3) is 10.2 Å². The van der Waals surface area contributed by atoms with Crippen LogP contribution in [0.3, 0.4) is 0 Å². The second kappa shape index (κ2) is 5.12. The summed E-state index contributed by atoms with van der Waals surface area (Å²) in [5.74, 6) is -1.25. The summed E-state index contributed by atoms with van der Waals surface area (Å²) in [6.07, 6.45) is 0. The first-order chi connectivity index (χ1) is 9.54. The van der Waals surface area contributed by atoms with E-state index in [9.17, 15) is 8.78 Å². The lowest BCUT2D eigenvalue weighted by atomic mass is 10.2. The number of aromatic nitrogens is 2. The monoisotopic (exact) mass is 331 g/mol. The van der Waals surface area contributed by atoms with E-state index in [0.717, 1.165) is 12.1 Å². The van der Waals surface area contributed by atoms with E-state index >= 15 is 0 Å². The molecule has 0 saturated carbocycles. The van der Waals surface area contributed by atoms with E-state index in [4.69, 9.17) is 23.2 Å². The topological polar surface area (TPSA) is 37.8 Å². The maximum absolute atomic E-state index is 13.8. The van der Waals surface area contributed by atoms with Gasteiger partial charge in [0.25, 0.3) is 0 Å². The molecule has 0 aliphatic heterocycles. The van der Waals surface area contributed by atoms with E-state index in [1.807, 2.05) is 5.38 Å². The van der Waals surface area contributed by atoms with Crippen molar-refractivity contribution in [1.29, 1.82) is 0 Å². The Hall–Kier alpha value is -1.50. The minimum absolute atomic E-state index is 0.0288. The van der Waals surface area contributed by atoms with Crippen molar-refractivity contribution in [3.05, 3.63) is 45.5 Å². The molecule has 0 aliphatic rings. The molecule has 0 atom stereocenters. The number of hydrogen-bond donors (Lipinski definition) is 1. The second-order valence-corrected chi connectivity index (χ2v) is 5.49. The Balaban J connectivity index is 2.12. The SMILES string of the molecule is Fc1cc(F)c(Nc2nc(Cl)nc3sccc23)c(Cl)c1. The maximum Gasteiger partial charge on any atom is 0.225 e. The van der Waals surface area contributed by atoms with Crippen molar-refractivity contribution < 1.29 is 8.78 Å². The van der Waals surface area contributed by atoms with Crippen LogP contribution in [-0.2, 0) is 0 Å². The molecule has 0 saturated heterocycles. The van der Waals surface area contributed by atoms with Gasteiger partial charge in [0.2, 0.25) is 5.28 Å². The molecule has 2 heterocycles. The summed E-state index contributed by atoms with van der Waals surface area (Å²) in [7, 11) is 0. The molecule has 0 bridgehead atoms. The fourth-order valence-corrected chi connectivity index (χ4v) is 2.93. The van der Waals surface area contributed by atoms with E-state index in [-0.39, 0.29) is 16.0 Å². The van der Waals surface area contributed by atoms with Gasteiger partial charge in [-0.25, -0.2) is 13.8 Å². The van der Waals surface area contributed by atoms with E-state index in [2.05, 4.69) is 15.3 Å². The van der Waals surface area contributed by atoms with Gasteiger partial charge in [0.15, 0.2) is 5.82 Å². The number of rotatable bonds is 2. The third-order valence-electron chi connectivity index (χ3n) is 2.55. The van der Waals surface area contributed by atoms with Crippen molar-refractivity contribution in [2.45, 2.75) is 0 Å². The van der Waals surface area contributed by atoms with Gasteiger partial charge in [-0.05, 0) is 29.1 Å². The van der Waals surface area contributed by atoms with Crippen molar-refractivity contribution in [3.8, 4) is 0 Å². The van der Waals surface area contributed by atoms with Crippen molar-refractivity contribution in [2.24, 2.45) is 0 Å². The lowest BCUT2D eigenvalue weighted by molar-refractivity contribution is 0.586. The van der Waals surface area contributed by atoms with Gasteiger partial charge in [-0.1, -0.05) is 11.6 Å². The van der Waals surface area contributed by atoms with Gasteiger partial charge >= 0.3 is 0 Å². The van der Waals surface area contributed by atoms with Crippen molar-refractivity contribution in [1.82, 2.24) is 9.97 Å². The Morgan fingerprint density at radius 2 is 1.95 bits per heavy atom. The third-order valence-corrected chi connectivity index (χ3v) is 3.82. The van der Waals surface area contributed by atoms with Gasteiger partial charge in [0, 0.05) is 6.07 Å². The van der Waals surface area contributed by atoms with Crippen LogP contribution in [0.1, 0.15) is 0 Å². The smallest absolute Gasteiger partial charge is 0.225 e. The molecule has 0 unspecified atom stereocenters. The molecule has 20 heavy (non-hydrogen) atoms.